The number of ether oxygens (including phenoxy) is 1. The van der Waals surface area contributed by atoms with E-state index in [4.69, 9.17) is 4.74 Å². The van der Waals surface area contributed by atoms with E-state index in [1.807, 2.05) is 6.07 Å². The smallest absolute Gasteiger partial charge is 0.119 e. The Morgan fingerprint density at radius 3 is 2.79 bits per heavy atom. The van der Waals surface area contributed by atoms with Gasteiger partial charge in [0.15, 0.2) is 0 Å². The summed E-state index contributed by atoms with van der Waals surface area (Å²) in [7, 11) is 3.93. The Bertz CT molecular complexity index is 386. The molecule has 0 amide bonds. The summed E-state index contributed by atoms with van der Waals surface area (Å²) in [6.07, 6.45) is 2.62. The van der Waals surface area contributed by atoms with Crippen LogP contribution in [-0.4, -0.2) is 38.2 Å². The molecule has 0 saturated carbocycles. The first-order valence-corrected chi connectivity index (χ1v) is 7.24. The van der Waals surface area contributed by atoms with Gasteiger partial charge in [-0.1, -0.05) is 12.1 Å². The van der Waals surface area contributed by atoms with Crippen LogP contribution in [0.1, 0.15) is 25.3 Å². The van der Waals surface area contributed by atoms with Crippen molar-refractivity contribution in [3.63, 3.8) is 0 Å². The maximum Gasteiger partial charge on any atom is 0.119 e. The first-order valence-electron chi connectivity index (χ1n) is 7.24. The Morgan fingerprint density at radius 1 is 1.37 bits per heavy atom. The summed E-state index contributed by atoms with van der Waals surface area (Å²) in [6, 6.07) is 8.88. The van der Waals surface area contributed by atoms with E-state index in [2.05, 4.69) is 42.4 Å². The van der Waals surface area contributed by atoms with Gasteiger partial charge in [-0.2, -0.15) is 0 Å². The van der Waals surface area contributed by atoms with Gasteiger partial charge in [-0.15, -0.1) is 0 Å². The van der Waals surface area contributed by atoms with Crippen LogP contribution in [-0.2, 0) is 6.54 Å². The van der Waals surface area contributed by atoms with E-state index in [1.54, 1.807) is 7.11 Å². The molecule has 1 aromatic carbocycles. The molecule has 2 rings (SSSR count). The molecule has 1 fully saturated rings. The van der Waals surface area contributed by atoms with E-state index in [9.17, 15) is 0 Å². The van der Waals surface area contributed by atoms with Gasteiger partial charge < -0.3 is 15.0 Å². The van der Waals surface area contributed by atoms with Crippen LogP contribution in [0.5, 0.6) is 5.75 Å². The van der Waals surface area contributed by atoms with Crippen molar-refractivity contribution in [3.8, 4) is 5.75 Å². The van der Waals surface area contributed by atoms with E-state index >= 15 is 0 Å². The Kier molecular flexibility index (Phi) is 5.23. The molecule has 3 heteroatoms. The van der Waals surface area contributed by atoms with Crippen LogP contribution in [0, 0.1) is 5.92 Å². The predicted molar refractivity (Wildman–Crippen MR) is 79.5 cm³/mol. The molecule has 1 aliphatic heterocycles. The molecule has 0 bridgehead atoms. The molecule has 1 heterocycles. The molecule has 1 aliphatic rings. The number of piperidine rings is 1. The molecular formula is C16H26N2O. The fourth-order valence-corrected chi connectivity index (χ4v) is 2.76. The number of methoxy groups -OCH3 is 1. The normalized spacial score (nSPS) is 19.3. The summed E-state index contributed by atoms with van der Waals surface area (Å²) in [4.78, 5) is 2.42. The van der Waals surface area contributed by atoms with Crippen LogP contribution in [0.3, 0.4) is 0 Å². The lowest BCUT2D eigenvalue weighted by molar-refractivity contribution is 0.189. The topological polar surface area (TPSA) is 24.5 Å². The third-order valence-electron chi connectivity index (χ3n) is 4.23. The quantitative estimate of drug-likeness (QED) is 0.882. The number of hydrogen-bond acceptors (Lipinski definition) is 3. The van der Waals surface area contributed by atoms with Gasteiger partial charge in [0.1, 0.15) is 5.75 Å². The second kappa shape index (κ2) is 6.92. The lowest BCUT2D eigenvalue weighted by Gasteiger charge is -2.33. The van der Waals surface area contributed by atoms with Crippen LogP contribution < -0.4 is 10.1 Å². The average Bonchev–Trinajstić information content (AvgIpc) is 2.46. The van der Waals surface area contributed by atoms with Crippen molar-refractivity contribution in [2.24, 2.45) is 5.92 Å². The van der Waals surface area contributed by atoms with Gasteiger partial charge in [-0.05, 0) is 63.5 Å². The first kappa shape index (κ1) is 14.4. The predicted octanol–water partition coefficient (Wildman–Crippen LogP) is 2.52. The zero-order chi connectivity index (χ0) is 13.7. The van der Waals surface area contributed by atoms with Gasteiger partial charge in [0.05, 0.1) is 7.11 Å². The van der Waals surface area contributed by atoms with Crippen LogP contribution in [0.15, 0.2) is 24.3 Å². The van der Waals surface area contributed by atoms with Crippen LogP contribution in [0.25, 0.3) is 0 Å². The summed E-state index contributed by atoms with van der Waals surface area (Å²) in [6.45, 7) is 5.70. The van der Waals surface area contributed by atoms with Gasteiger partial charge in [-0.3, -0.25) is 0 Å². The van der Waals surface area contributed by atoms with Crippen molar-refractivity contribution in [1.29, 1.82) is 0 Å². The maximum atomic E-state index is 5.26. The van der Waals surface area contributed by atoms with Gasteiger partial charge in [-0.25, -0.2) is 0 Å². The summed E-state index contributed by atoms with van der Waals surface area (Å²) < 4.78 is 5.26. The highest BCUT2D eigenvalue weighted by Crippen LogP contribution is 2.20. The molecular weight excluding hydrogens is 236 g/mol. The van der Waals surface area contributed by atoms with Gasteiger partial charge in [0.2, 0.25) is 0 Å². The minimum Gasteiger partial charge on any atom is -0.497 e. The Labute approximate surface area is 116 Å². The third kappa shape index (κ3) is 4.22. The summed E-state index contributed by atoms with van der Waals surface area (Å²) in [5.41, 5.74) is 1.29. The van der Waals surface area contributed by atoms with Crippen molar-refractivity contribution in [2.45, 2.75) is 32.4 Å². The second-order valence-electron chi connectivity index (χ2n) is 5.66. The van der Waals surface area contributed by atoms with Crippen molar-refractivity contribution < 1.29 is 4.74 Å². The zero-order valence-corrected chi connectivity index (χ0v) is 12.4. The minimum atomic E-state index is 0.583. The summed E-state index contributed by atoms with van der Waals surface area (Å²) in [5, 5.41) is 3.66. The molecule has 1 aromatic rings. The zero-order valence-electron chi connectivity index (χ0n) is 12.4. The Hall–Kier alpha value is -1.06. The fourth-order valence-electron chi connectivity index (χ4n) is 2.76. The minimum absolute atomic E-state index is 0.583. The van der Waals surface area contributed by atoms with Gasteiger partial charge >= 0.3 is 0 Å². The molecule has 0 aliphatic carbocycles. The van der Waals surface area contributed by atoms with Crippen LogP contribution in [0.4, 0.5) is 0 Å². The van der Waals surface area contributed by atoms with E-state index in [1.165, 1.54) is 31.5 Å². The van der Waals surface area contributed by atoms with Crippen molar-refractivity contribution in [2.75, 3.05) is 27.2 Å². The molecule has 106 valence electrons. The number of nitrogens with one attached hydrogen (secondary N) is 1. The third-order valence-corrected chi connectivity index (χ3v) is 4.23. The number of nitrogens with zero attached hydrogens (tertiary/aromatic N) is 1. The first-order chi connectivity index (χ1) is 9.19. The number of hydrogen-bond donors (Lipinski definition) is 1. The fraction of sp³-hybridized carbons (Fsp3) is 0.625. The average molecular weight is 262 g/mol. The Balaban J connectivity index is 1.80. The molecule has 0 aromatic heterocycles. The summed E-state index contributed by atoms with van der Waals surface area (Å²) >= 11 is 0. The van der Waals surface area contributed by atoms with E-state index < -0.39 is 0 Å². The lowest BCUT2D eigenvalue weighted by Crippen LogP contribution is -2.40. The highest BCUT2D eigenvalue weighted by molar-refractivity contribution is 5.28. The summed E-state index contributed by atoms with van der Waals surface area (Å²) in [5.74, 6) is 1.74. The molecule has 0 radical (unpaired) electrons. The van der Waals surface area contributed by atoms with E-state index in [-0.39, 0.29) is 0 Å². The molecule has 19 heavy (non-hydrogen) atoms. The highest BCUT2D eigenvalue weighted by atomic mass is 16.5. The largest absolute Gasteiger partial charge is 0.497 e. The van der Waals surface area contributed by atoms with Gasteiger partial charge in [0.25, 0.3) is 0 Å². The van der Waals surface area contributed by atoms with Crippen molar-refractivity contribution in [1.82, 2.24) is 10.2 Å². The van der Waals surface area contributed by atoms with Crippen LogP contribution >= 0.6 is 0 Å². The Morgan fingerprint density at radius 2 is 2.11 bits per heavy atom. The molecule has 3 nitrogen and oxygen atoms in total. The molecule has 1 atom stereocenters. The van der Waals surface area contributed by atoms with Crippen molar-refractivity contribution >= 4 is 0 Å². The molecule has 0 spiro atoms. The lowest BCUT2D eigenvalue weighted by atomic mass is 9.90. The monoisotopic (exact) mass is 262 g/mol. The number of rotatable bonds is 5. The molecule has 1 saturated heterocycles. The maximum absolute atomic E-state index is 5.26. The molecule has 1 N–H and O–H groups in total. The van der Waals surface area contributed by atoms with Crippen molar-refractivity contribution in [3.05, 3.63) is 29.8 Å². The van der Waals surface area contributed by atoms with E-state index in [0.717, 1.165) is 18.2 Å². The van der Waals surface area contributed by atoms with E-state index in [0.29, 0.717) is 6.04 Å². The number of likely N-dealkylation sites (tertiary alicyclic amines) is 1. The SMILES string of the molecule is COc1cccc(CNC(C)C2CCN(C)CC2)c1. The van der Waals surface area contributed by atoms with Crippen LogP contribution in [0.2, 0.25) is 0 Å². The molecule has 1 unspecified atom stereocenters. The second-order valence-corrected chi connectivity index (χ2v) is 5.66. The van der Waals surface area contributed by atoms with Gasteiger partial charge in [0, 0.05) is 12.6 Å². The standard InChI is InChI=1S/C16H26N2O/c1-13(15-7-9-18(2)10-8-15)17-12-14-5-4-6-16(11-14)19-3/h4-6,11,13,15,17H,7-10,12H2,1-3H3. The number of benzene rings is 1. The highest BCUT2D eigenvalue weighted by Gasteiger charge is 2.21.